The van der Waals surface area contributed by atoms with E-state index in [1.165, 1.54) is 13.2 Å². The Morgan fingerprint density at radius 2 is 1.58 bits per heavy atom. The number of hydrogen-bond donors (Lipinski definition) is 1. The molecule has 0 aliphatic heterocycles. The molecule has 4 aromatic rings. The third-order valence-electron chi connectivity index (χ3n) is 6.78. The highest BCUT2D eigenvalue weighted by Crippen LogP contribution is 2.23. The van der Waals surface area contributed by atoms with Gasteiger partial charge in [0.25, 0.3) is 0 Å². The Hall–Kier alpha value is -5.37. The fourth-order valence-electron chi connectivity index (χ4n) is 4.54. The monoisotopic (exact) mass is 578 g/mol. The lowest BCUT2D eigenvalue weighted by Crippen LogP contribution is -2.33. The molecule has 0 aliphatic rings. The van der Waals surface area contributed by atoms with Gasteiger partial charge < -0.3 is 24.4 Å². The molecule has 0 radical (unpaired) electrons. The second kappa shape index (κ2) is 15.0. The summed E-state index contributed by atoms with van der Waals surface area (Å²) < 4.78 is 16.3. The van der Waals surface area contributed by atoms with E-state index in [0.717, 1.165) is 5.56 Å². The maximum atomic E-state index is 13.2. The van der Waals surface area contributed by atoms with Crippen LogP contribution in [0.3, 0.4) is 0 Å². The van der Waals surface area contributed by atoms with Crippen molar-refractivity contribution in [3.8, 4) is 11.5 Å². The van der Waals surface area contributed by atoms with Gasteiger partial charge in [-0.2, -0.15) is 0 Å². The molecule has 0 saturated carbocycles. The van der Waals surface area contributed by atoms with Crippen LogP contribution >= 0.6 is 0 Å². The van der Waals surface area contributed by atoms with Gasteiger partial charge in [-0.25, -0.2) is 4.79 Å². The Labute approximate surface area is 251 Å². The number of nitrogens with one attached hydrogen (secondary N) is 1. The highest BCUT2D eigenvalue weighted by Gasteiger charge is 2.23. The number of hydrogen-bond acceptors (Lipinski definition) is 7. The Bertz CT molecular complexity index is 1550. The zero-order valence-corrected chi connectivity index (χ0v) is 24.2. The van der Waals surface area contributed by atoms with Crippen molar-refractivity contribution < 1.29 is 28.6 Å². The molecule has 43 heavy (non-hydrogen) atoms. The molecule has 8 nitrogen and oxygen atoms in total. The number of benzene rings is 4. The number of rotatable bonds is 14. The number of para-hydroxylation sites is 1. The summed E-state index contributed by atoms with van der Waals surface area (Å²) >= 11 is 0. The number of ether oxygens (including phenoxy) is 3. The van der Waals surface area contributed by atoms with E-state index in [9.17, 15) is 14.4 Å². The van der Waals surface area contributed by atoms with Crippen molar-refractivity contribution in [2.24, 2.45) is 0 Å². The molecule has 220 valence electrons. The minimum Gasteiger partial charge on any atom is -0.497 e. The van der Waals surface area contributed by atoms with Gasteiger partial charge in [0.2, 0.25) is 5.91 Å². The fraction of sp³-hybridized carbons (Fsp3) is 0.171. The lowest BCUT2D eigenvalue weighted by Gasteiger charge is -2.22. The largest absolute Gasteiger partial charge is 0.497 e. The fourth-order valence-corrected chi connectivity index (χ4v) is 4.54. The van der Waals surface area contributed by atoms with Crippen molar-refractivity contribution in [3.05, 3.63) is 132 Å². The van der Waals surface area contributed by atoms with E-state index in [0.29, 0.717) is 47.0 Å². The molecule has 0 fully saturated rings. The van der Waals surface area contributed by atoms with Gasteiger partial charge in [0, 0.05) is 35.0 Å². The smallest absolute Gasteiger partial charge is 0.328 e. The van der Waals surface area contributed by atoms with Gasteiger partial charge in [-0.1, -0.05) is 67.2 Å². The Morgan fingerprint density at radius 1 is 0.860 bits per heavy atom. The molecule has 4 aromatic carbocycles. The molecule has 1 unspecified atom stereocenters. The van der Waals surface area contributed by atoms with E-state index in [1.54, 1.807) is 54.5 Å². The summed E-state index contributed by atoms with van der Waals surface area (Å²) in [4.78, 5) is 40.0. The topological polar surface area (TPSA) is 94.2 Å². The van der Waals surface area contributed by atoms with Gasteiger partial charge >= 0.3 is 5.97 Å². The van der Waals surface area contributed by atoms with Crippen molar-refractivity contribution in [3.63, 3.8) is 0 Å². The third-order valence-corrected chi connectivity index (χ3v) is 6.78. The van der Waals surface area contributed by atoms with Gasteiger partial charge in [-0.05, 0) is 48.0 Å². The number of carbonyl (C=O) groups is 3. The molecule has 0 heterocycles. The van der Waals surface area contributed by atoms with E-state index in [2.05, 4.69) is 11.9 Å². The van der Waals surface area contributed by atoms with Crippen LogP contribution in [-0.2, 0) is 20.7 Å². The molecule has 0 spiro atoms. The van der Waals surface area contributed by atoms with E-state index in [4.69, 9.17) is 14.2 Å². The predicted molar refractivity (Wildman–Crippen MR) is 167 cm³/mol. The van der Waals surface area contributed by atoms with E-state index >= 15 is 0 Å². The maximum Gasteiger partial charge on any atom is 0.328 e. The number of methoxy groups -OCH3 is 2. The van der Waals surface area contributed by atoms with Crippen LogP contribution in [0.5, 0.6) is 11.5 Å². The summed E-state index contributed by atoms with van der Waals surface area (Å²) in [7, 11) is 2.90. The van der Waals surface area contributed by atoms with Crippen LogP contribution in [0.25, 0.3) is 0 Å². The molecule has 0 aliphatic carbocycles. The van der Waals surface area contributed by atoms with Crippen LogP contribution in [0, 0.1) is 0 Å². The molecule has 1 N–H and O–H groups in total. The van der Waals surface area contributed by atoms with Gasteiger partial charge in [-0.3, -0.25) is 9.59 Å². The number of ketones is 1. The zero-order valence-electron chi connectivity index (χ0n) is 24.2. The summed E-state index contributed by atoms with van der Waals surface area (Å²) in [5.41, 5.74) is 3.10. The number of anilines is 2. The van der Waals surface area contributed by atoms with Crippen LogP contribution in [-0.4, -0.2) is 51.1 Å². The standard InChI is InChI=1S/C35H34N2O6/c1-4-33(38)37(27-13-10-14-29(24-27)41-2)21-22-43-28-19-17-25(18-20-28)23-32(35(40)42-3)36-31-16-9-8-15-30(31)34(39)26-11-6-5-7-12-26/h4-20,24,32,36H,1,21-23H2,2-3H3. The molecule has 1 atom stereocenters. The van der Waals surface area contributed by atoms with Crippen LogP contribution in [0.4, 0.5) is 11.4 Å². The number of nitrogens with zero attached hydrogens (tertiary/aromatic N) is 1. The minimum absolute atomic E-state index is 0.145. The molecular weight excluding hydrogens is 544 g/mol. The SMILES string of the molecule is C=CC(=O)N(CCOc1ccc(CC(Nc2ccccc2C(=O)c2ccccc2)C(=O)OC)cc1)c1cccc(OC)c1. The summed E-state index contributed by atoms with van der Waals surface area (Å²) in [6.45, 7) is 4.15. The normalized spacial score (nSPS) is 11.1. The number of carbonyl (C=O) groups excluding carboxylic acids is 3. The van der Waals surface area contributed by atoms with Crippen molar-refractivity contribution in [2.45, 2.75) is 12.5 Å². The predicted octanol–water partition coefficient (Wildman–Crippen LogP) is 5.72. The molecule has 4 rings (SSSR count). The van der Waals surface area contributed by atoms with E-state index < -0.39 is 12.0 Å². The molecule has 0 bridgehead atoms. The van der Waals surface area contributed by atoms with Crippen LogP contribution in [0.2, 0.25) is 0 Å². The number of esters is 1. The maximum absolute atomic E-state index is 13.2. The van der Waals surface area contributed by atoms with Crippen molar-refractivity contribution in [2.75, 3.05) is 37.6 Å². The quantitative estimate of drug-likeness (QED) is 0.116. The Balaban J connectivity index is 1.41. The van der Waals surface area contributed by atoms with Crippen LogP contribution in [0.15, 0.2) is 116 Å². The molecule has 8 heteroatoms. The molecule has 1 amide bonds. The Morgan fingerprint density at radius 3 is 2.28 bits per heavy atom. The molecule has 0 aromatic heterocycles. The van der Waals surface area contributed by atoms with Gasteiger partial charge in [-0.15, -0.1) is 0 Å². The van der Waals surface area contributed by atoms with Crippen molar-refractivity contribution >= 4 is 29.0 Å². The van der Waals surface area contributed by atoms with E-state index in [1.807, 2.05) is 60.7 Å². The van der Waals surface area contributed by atoms with Gasteiger partial charge in [0.1, 0.15) is 24.1 Å². The second-order valence-corrected chi connectivity index (χ2v) is 9.55. The third kappa shape index (κ3) is 8.10. The Kier molecular flexibility index (Phi) is 10.7. The minimum atomic E-state index is -0.733. The lowest BCUT2D eigenvalue weighted by atomic mass is 10.00. The summed E-state index contributed by atoms with van der Waals surface area (Å²) in [6.07, 6.45) is 1.58. The summed E-state index contributed by atoms with van der Waals surface area (Å²) in [5, 5.41) is 3.22. The van der Waals surface area contributed by atoms with Gasteiger partial charge in [0.05, 0.1) is 20.8 Å². The first-order valence-corrected chi connectivity index (χ1v) is 13.8. The van der Waals surface area contributed by atoms with Crippen molar-refractivity contribution in [1.29, 1.82) is 0 Å². The summed E-state index contributed by atoms with van der Waals surface area (Å²) in [5.74, 6) is 0.407. The molecular formula is C35H34N2O6. The second-order valence-electron chi connectivity index (χ2n) is 9.55. The van der Waals surface area contributed by atoms with Gasteiger partial charge in [0.15, 0.2) is 5.78 Å². The number of amides is 1. The average Bonchev–Trinajstić information content (AvgIpc) is 3.06. The first-order chi connectivity index (χ1) is 20.9. The summed E-state index contributed by atoms with van der Waals surface area (Å²) in [6, 6.07) is 29.9. The first kappa shape index (κ1) is 30.6. The molecule has 0 saturated heterocycles. The lowest BCUT2D eigenvalue weighted by molar-refractivity contribution is -0.141. The average molecular weight is 579 g/mol. The highest BCUT2D eigenvalue weighted by atomic mass is 16.5. The van der Waals surface area contributed by atoms with Crippen LogP contribution in [0.1, 0.15) is 21.5 Å². The van der Waals surface area contributed by atoms with Crippen molar-refractivity contribution in [1.82, 2.24) is 0 Å². The first-order valence-electron chi connectivity index (χ1n) is 13.8. The highest BCUT2D eigenvalue weighted by molar-refractivity contribution is 6.12. The van der Waals surface area contributed by atoms with E-state index in [-0.39, 0.29) is 18.3 Å². The zero-order chi connectivity index (χ0) is 30.6. The van der Waals surface area contributed by atoms with Crippen LogP contribution < -0.4 is 19.7 Å².